The van der Waals surface area contributed by atoms with E-state index in [4.69, 9.17) is 0 Å². The van der Waals surface area contributed by atoms with Crippen molar-refractivity contribution in [3.63, 3.8) is 0 Å². The summed E-state index contributed by atoms with van der Waals surface area (Å²) in [5, 5.41) is 2.93. The average Bonchev–Trinajstić information content (AvgIpc) is 3.26. The van der Waals surface area contributed by atoms with Gasteiger partial charge in [0.25, 0.3) is 0 Å². The van der Waals surface area contributed by atoms with Crippen LogP contribution in [0.2, 0.25) is 0 Å². The molecule has 112 valence electrons. The zero-order valence-electron chi connectivity index (χ0n) is 12.4. The van der Waals surface area contributed by atoms with Crippen molar-refractivity contribution in [2.45, 2.75) is 45.2 Å². The maximum Gasteiger partial charge on any atom is 0.248 e. The lowest BCUT2D eigenvalue weighted by molar-refractivity contribution is -0.139. The molecule has 2 heterocycles. The van der Waals surface area contributed by atoms with E-state index in [2.05, 4.69) is 15.3 Å². The molecule has 1 aromatic heterocycles. The topological polar surface area (TPSA) is 75.2 Å². The van der Waals surface area contributed by atoms with Gasteiger partial charge in [-0.15, -0.1) is 0 Å². The summed E-state index contributed by atoms with van der Waals surface area (Å²) in [6.07, 6.45) is 4.05. The molecule has 0 bridgehead atoms. The second-order valence-corrected chi connectivity index (χ2v) is 6.10. The number of rotatable bonds is 3. The van der Waals surface area contributed by atoms with Crippen LogP contribution >= 0.6 is 0 Å². The second kappa shape index (κ2) is 5.09. The Kier molecular flexibility index (Phi) is 3.39. The number of carbonyl (C=O) groups is 2. The molecule has 0 spiro atoms. The number of carbonyl (C=O) groups excluding carboxylic acids is 2. The Balaban J connectivity index is 1.83. The monoisotopic (exact) mass is 288 g/mol. The van der Waals surface area contributed by atoms with Crippen LogP contribution in [-0.2, 0) is 16.1 Å². The summed E-state index contributed by atoms with van der Waals surface area (Å²) >= 11 is 0. The van der Waals surface area contributed by atoms with E-state index in [1.165, 1.54) is 0 Å². The van der Waals surface area contributed by atoms with Gasteiger partial charge in [-0.3, -0.25) is 9.59 Å². The Hall–Kier alpha value is -1.98. The number of nitrogens with one attached hydrogen (secondary N) is 1. The van der Waals surface area contributed by atoms with Crippen molar-refractivity contribution in [3.8, 4) is 0 Å². The minimum absolute atomic E-state index is 0.00659. The van der Waals surface area contributed by atoms with Crippen LogP contribution in [0.5, 0.6) is 0 Å². The van der Waals surface area contributed by atoms with Gasteiger partial charge in [-0.1, -0.05) is 0 Å². The molecular weight excluding hydrogens is 268 g/mol. The highest BCUT2D eigenvalue weighted by molar-refractivity contribution is 5.93. The summed E-state index contributed by atoms with van der Waals surface area (Å²) in [6.45, 7) is 4.55. The maximum absolute atomic E-state index is 12.9. The van der Waals surface area contributed by atoms with Crippen molar-refractivity contribution in [3.05, 3.63) is 23.8 Å². The van der Waals surface area contributed by atoms with E-state index in [-0.39, 0.29) is 17.7 Å². The van der Waals surface area contributed by atoms with Crippen molar-refractivity contribution in [2.24, 2.45) is 5.92 Å². The van der Waals surface area contributed by atoms with E-state index < -0.39 is 5.54 Å². The largest absolute Gasteiger partial charge is 0.342 e. The number of aromatic nitrogens is 2. The molecule has 2 aliphatic rings. The molecule has 1 aromatic rings. The van der Waals surface area contributed by atoms with Crippen LogP contribution in [0.25, 0.3) is 0 Å². The third kappa shape index (κ3) is 2.75. The zero-order chi connectivity index (χ0) is 15.0. The van der Waals surface area contributed by atoms with Gasteiger partial charge in [0.15, 0.2) is 0 Å². The summed E-state index contributed by atoms with van der Waals surface area (Å²) < 4.78 is 0. The molecule has 1 aliphatic heterocycles. The molecule has 21 heavy (non-hydrogen) atoms. The van der Waals surface area contributed by atoms with Gasteiger partial charge in [-0.2, -0.15) is 0 Å². The summed E-state index contributed by atoms with van der Waals surface area (Å²) in [5.74, 6) is 0.918. The van der Waals surface area contributed by atoms with Gasteiger partial charge in [-0.25, -0.2) is 9.97 Å². The highest BCUT2D eigenvalue weighted by Gasteiger charge is 2.51. The molecule has 2 amide bonds. The third-order valence-corrected chi connectivity index (χ3v) is 4.32. The smallest absolute Gasteiger partial charge is 0.248 e. The van der Waals surface area contributed by atoms with Gasteiger partial charge in [-0.05, 0) is 38.7 Å². The molecule has 6 heteroatoms. The zero-order valence-corrected chi connectivity index (χ0v) is 12.4. The number of hydrogen-bond donors (Lipinski definition) is 1. The van der Waals surface area contributed by atoms with Crippen LogP contribution in [-0.4, -0.2) is 38.8 Å². The lowest BCUT2D eigenvalue weighted by atomic mass is 9.94. The first kappa shape index (κ1) is 14.0. The first-order chi connectivity index (χ1) is 9.99. The molecule has 0 aromatic carbocycles. The third-order valence-electron chi connectivity index (χ3n) is 4.32. The fourth-order valence-corrected chi connectivity index (χ4v) is 2.95. The van der Waals surface area contributed by atoms with Gasteiger partial charge in [0, 0.05) is 19.2 Å². The van der Waals surface area contributed by atoms with Crippen LogP contribution in [0.1, 0.15) is 37.7 Å². The number of aryl methyl sites for hydroxylation is 1. The van der Waals surface area contributed by atoms with E-state index in [1.807, 2.05) is 19.9 Å². The molecular formula is C15H20N4O2. The standard InChI is InChI=1S/C15H20N4O2/c1-10-16-7-5-12(17-10)9-19-8-6-13(20)18-15(2,14(19)21)11-3-4-11/h5,7,11H,3-4,6,8-9H2,1-2H3,(H,18,20). The van der Waals surface area contributed by atoms with E-state index in [0.717, 1.165) is 18.5 Å². The fourth-order valence-electron chi connectivity index (χ4n) is 2.95. The van der Waals surface area contributed by atoms with E-state index in [0.29, 0.717) is 25.3 Å². The van der Waals surface area contributed by atoms with Crippen molar-refractivity contribution in [2.75, 3.05) is 6.54 Å². The molecule has 2 fully saturated rings. The predicted octanol–water partition coefficient (Wildman–Crippen LogP) is 0.802. The Morgan fingerprint density at radius 1 is 1.43 bits per heavy atom. The van der Waals surface area contributed by atoms with Crippen molar-refractivity contribution < 1.29 is 9.59 Å². The summed E-state index contributed by atoms with van der Waals surface area (Å²) in [6, 6.07) is 1.81. The maximum atomic E-state index is 12.9. The van der Waals surface area contributed by atoms with Crippen LogP contribution in [0.15, 0.2) is 12.3 Å². The summed E-state index contributed by atoms with van der Waals surface area (Å²) in [7, 11) is 0. The quantitative estimate of drug-likeness (QED) is 0.893. The number of nitrogens with zero attached hydrogens (tertiary/aromatic N) is 3. The number of hydrogen-bond acceptors (Lipinski definition) is 4. The van der Waals surface area contributed by atoms with E-state index in [9.17, 15) is 9.59 Å². The molecule has 1 saturated heterocycles. The SMILES string of the molecule is Cc1nccc(CN2CCC(=O)NC(C)(C3CC3)C2=O)n1. The molecule has 3 rings (SSSR count). The number of amides is 2. The van der Waals surface area contributed by atoms with Crippen LogP contribution in [0, 0.1) is 12.8 Å². The van der Waals surface area contributed by atoms with Crippen molar-refractivity contribution in [1.82, 2.24) is 20.2 Å². The van der Waals surface area contributed by atoms with Gasteiger partial charge >= 0.3 is 0 Å². The van der Waals surface area contributed by atoms with Gasteiger partial charge in [0.2, 0.25) is 11.8 Å². The van der Waals surface area contributed by atoms with Crippen LogP contribution < -0.4 is 5.32 Å². The molecule has 1 atom stereocenters. The van der Waals surface area contributed by atoms with Crippen LogP contribution in [0.4, 0.5) is 0 Å². The molecule has 1 aliphatic carbocycles. The first-order valence-electron chi connectivity index (χ1n) is 7.38. The molecule has 1 saturated carbocycles. The van der Waals surface area contributed by atoms with Crippen molar-refractivity contribution in [1.29, 1.82) is 0 Å². The Labute approximate surface area is 124 Å². The van der Waals surface area contributed by atoms with E-state index in [1.54, 1.807) is 11.1 Å². The summed E-state index contributed by atoms with van der Waals surface area (Å²) in [5.41, 5.74) is 0.0543. The first-order valence-corrected chi connectivity index (χ1v) is 7.38. The minimum atomic E-state index is -0.754. The molecule has 0 radical (unpaired) electrons. The normalized spacial score (nSPS) is 26.5. The Morgan fingerprint density at radius 2 is 2.19 bits per heavy atom. The highest BCUT2D eigenvalue weighted by atomic mass is 16.2. The Bertz CT molecular complexity index is 585. The second-order valence-electron chi connectivity index (χ2n) is 6.10. The minimum Gasteiger partial charge on any atom is -0.342 e. The van der Waals surface area contributed by atoms with Gasteiger partial charge in [0.05, 0.1) is 12.2 Å². The average molecular weight is 288 g/mol. The van der Waals surface area contributed by atoms with Gasteiger partial charge < -0.3 is 10.2 Å². The lowest BCUT2D eigenvalue weighted by Crippen LogP contribution is -2.56. The van der Waals surface area contributed by atoms with Crippen LogP contribution in [0.3, 0.4) is 0 Å². The molecule has 1 unspecified atom stereocenters. The predicted molar refractivity (Wildman–Crippen MR) is 76.1 cm³/mol. The lowest BCUT2D eigenvalue weighted by Gasteiger charge is -2.32. The van der Waals surface area contributed by atoms with E-state index >= 15 is 0 Å². The van der Waals surface area contributed by atoms with Gasteiger partial charge in [0.1, 0.15) is 11.4 Å². The Morgan fingerprint density at radius 3 is 2.86 bits per heavy atom. The molecule has 1 N–H and O–H groups in total. The summed E-state index contributed by atoms with van der Waals surface area (Å²) in [4.78, 5) is 34.9. The molecule has 6 nitrogen and oxygen atoms in total. The van der Waals surface area contributed by atoms with Crippen molar-refractivity contribution >= 4 is 11.8 Å². The highest BCUT2D eigenvalue weighted by Crippen LogP contribution is 2.41. The fraction of sp³-hybridized carbons (Fsp3) is 0.600.